The van der Waals surface area contributed by atoms with Gasteiger partial charge in [-0.2, -0.15) is 8.78 Å². The first-order valence-corrected chi connectivity index (χ1v) is 10.5. The largest absolute Gasteiger partial charge is 0.377 e. The zero-order chi connectivity index (χ0) is 19.1. The highest BCUT2D eigenvalue weighted by Crippen LogP contribution is 2.38. The van der Waals surface area contributed by atoms with Crippen LogP contribution < -0.4 is 0 Å². The van der Waals surface area contributed by atoms with Crippen molar-refractivity contribution in [1.29, 1.82) is 0 Å². The second-order valence-electron chi connectivity index (χ2n) is 8.10. The molecule has 1 saturated heterocycles. The standard InChI is InChI=1S/C24H32F2O/c1-2-3-4-5-18-6-10-20(11-7-18)22-14-15-23(27-17-22)21-12-8-19(9-13-21)16-24(25)26/h3-4,6-7,10-11,16,19,21-23H,2,5,8-9,12-15,17H2,1H3/b4-3-. The molecule has 1 aromatic carbocycles. The van der Waals surface area contributed by atoms with Crippen molar-refractivity contribution in [3.8, 4) is 0 Å². The van der Waals surface area contributed by atoms with Gasteiger partial charge in [0.1, 0.15) is 0 Å². The molecule has 0 radical (unpaired) electrons. The van der Waals surface area contributed by atoms with Crippen LogP contribution in [0.15, 0.2) is 48.6 Å². The van der Waals surface area contributed by atoms with E-state index in [1.807, 2.05) is 0 Å². The minimum Gasteiger partial charge on any atom is -0.377 e. The summed E-state index contributed by atoms with van der Waals surface area (Å²) >= 11 is 0. The summed E-state index contributed by atoms with van der Waals surface area (Å²) in [6.07, 6.45) is 12.5. The van der Waals surface area contributed by atoms with Crippen molar-refractivity contribution in [2.75, 3.05) is 6.61 Å². The molecular formula is C24H32F2O. The van der Waals surface area contributed by atoms with E-state index < -0.39 is 6.08 Å². The molecule has 2 unspecified atom stereocenters. The first-order chi connectivity index (χ1) is 13.2. The van der Waals surface area contributed by atoms with Gasteiger partial charge >= 0.3 is 0 Å². The highest BCUT2D eigenvalue weighted by atomic mass is 19.3. The van der Waals surface area contributed by atoms with Gasteiger partial charge in [-0.25, -0.2) is 0 Å². The van der Waals surface area contributed by atoms with E-state index in [0.29, 0.717) is 17.9 Å². The van der Waals surface area contributed by atoms with Crippen molar-refractivity contribution in [3.63, 3.8) is 0 Å². The molecule has 2 fully saturated rings. The van der Waals surface area contributed by atoms with Crippen LogP contribution >= 0.6 is 0 Å². The fraction of sp³-hybridized carbons (Fsp3) is 0.583. The van der Waals surface area contributed by atoms with Gasteiger partial charge in [-0.15, -0.1) is 0 Å². The quantitative estimate of drug-likeness (QED) is 0.485. The molecule has 2 atom stereocenters. The van der Waals surface area contributed by atoms with E-state index in [0.717, 1.165) is 57.6 Å². The van der Waals surface area contributed by atoms with Crippen LogP contribution in [0.25, 0.3) is 0 Å². The molecule has 1 aliphatic carbocycles. The molecule has 3 heteroatoms. The second kappa shape index (κ2) is 10.2. The third-order valence-electron chi connectivity index (χ3n) is 6.22. The van der Waals surface area contributed by atoms with E-state index in [2.05, 4.69) is 43.3 Å². The van der Waals surface area contributed by atoms with E-state index in [9.17, 15) is 8.78 Å². The fourth-order valence-corrected chi connectivity index (χ4v) is 4.58. The minimum absolute atomic E-state index is 0.0632. The number of rotatable bonds is 6. The van der Waals surface area contributed by atoms with E-state index in [1.165, 1.54) is 17.5 Å². The molecule has 0 spiro atoms. The Morgan fingerprint density at radius 2 is 1.74 bits per heavy atom. The summed E-state index contributed by atoms with van der Waals surface area (Å²) in [6, 6.07) is 8.99. The summed E-state index contributed by atoms with van der Waals surface area (Å²) < 4.78 is 31.1. The van der Waals surface area contributed by atoms with Crippen LogP contribution in [0.2, 0.25) is 0 Å². The predicted octanol–water partition coefficient (Wildman–Crippen LogP) is 7.04. The summed E-state index contributed by atoms with van der Waals surface area (Å²) in [6.45, 7) is 2.95. The van der Waals surface area contributed by atoms with Crippen molar-refractivity contribution < 1.29 is 13.5 Å². The first-order valence-electron chi connectivity index (χ1n) is 10.5. The van der Waals surface area contributed by atoms with Crippen molar-refractivity contribution >= 4 is 0 Å². The van der Waals surface area contributed by atoms with E-state index in [1.54, 1.807) is 0 Å². The SMILES string of the molecule is CC/C=C\Cc1ccc(C2CCC(C3CCC(C=C(F)F)CC3)OC2)cc1. The predicted molar refractivity (Wildman–Crippen MR) is 107 cm³/mol. The smallest absolute Gasteiger partial charge is 0.266 e. The van der Waals surface area contributed by atoms with E-state index in [4.69, 9.17) is 4.74 Å². The molecule has 0 bridgehead atoms. The molecule has 1 nitrogen and oxygen atoms in total. The lowest BCUT2D eigenvalue weighted by Crippen LogP contribution is -2.33. The molecule has 1 aliphatic heterocycles. The number of ether oxygens (including phenoxy) is 1. The highest BCUT2D eigenvalue weighted by molar-refractivity contribution is 5.27. The number of halogens is 2. The summed E-state index contributed by atoms with van der Waals surface area (Å²) in [7, 11) is 0. The van der Waals surface area contributed by atoms with Crippen LogP contribution in [0, 0.1) is 11.8 Å². The van der Waals surface area contributed by atoms with Crippen molar-refractivity contribution in [3.05, 3.63) is 59.7 Å². The number of hydrogen-bond donors (Lipinski definition) is 0. The number of allylic oxidation sites excluding steroid dienone is 3. The van der Waals surface area contributed by atoms with Gasteiger partial charge in [0, 0.05) is 5.92 Å². The van der Waals surface area contributed by atoms with Crippen LogP contribution in [0.4, 0.5) is 8.78 Å². The van der Waals surface area contributed by atoms with Crippen LogP contribution in [-0.2, 0) is 11.2 Å². The number of hydrogen-bond acceptors (Lipinski definition) is 1. The van der Waals surface area contributed by atoms with Crippen molar-refractivity contribution in [2.24, 2.45) is 11.8 Å². The molecule has 0 N–H and O–H groups in total. The second-order valence-corrected chi connectivity index (χ2v) is 8.10. The average molecular weight is 375 g/mol. The Bertz CT molecular complexity index is 614. The van der Waals surface area contributed by atoms with E-state index >= 15 is 0 Å². The Morgan fingerprint density at radius 3 is 2.33 bits per heavy atom. The molecule has 0 amide bonds. The van der Waals surface area contributed by atoms with Crippen molar-refractivity contribution in [1.82, 2.24) is 0 Å². The summed E-state index contributed by atoms with van der Waals surface area (Å²) in [5.74, 6) is 1.10. The summed E-state index contributed by atoms with van der Waals surface area (Å²) in [4.78, 5) is 0. The van der Waals surface area contributed by atoms with Crippen LogP contribution in [0.5, 0.6) is 0 Å². The van der Waals surface area contributed by atoms with Gasteiger partial charge in [-0.3, -0.25) is 0 Å². The molecule has 1 aromatic rings. The van der Waals surface area contributed by atoms with Crippen LogP contribution in [0.1, 0.15) is 68.9 Å². The van der Waals surface area contributed by atoms with Gasteiger partial charge < -0.3 is 4.74 Å². The van der Waals surface area contributed by atoms with Gasteiger partial charge in [0.25, 0.3) is 6.08 Å². The van der Waals surface area contributed by atoms with E-state index in [-0.39, 0.29) is 5.92 Å². The number of benzene rings is 1. The molecule has 3 rings (SSSR count). The fourth-order valence-electron chi connectivity index (χ4n) is 4.58. The summed E-state index contributed by atoms with van der Waals surface area (Å²) in [5, 5.41) is 0. The van der Waals surface area contributed by atoms with Crippen LogP contribution in [0.3, 0.4) is 0 Å². The Labute approximate surface area is 162 Å². The third kappa shape index (κ3) is 6.00. The normalized spacial score (nSPS) is 29.0. The maximum Gasteiger partial charge on any atom is 0.266 e. The average Bonchev–Trinajstić information content (AvgIpc) is 2.69. The molecule has 27 heavy (non-hydrogen) atoms. The van der Waals surface area contributed by atoms with Gasteiger partial charge in [0.05, 0.1) is 12.7 Å². The first kappa shape index (κ1) is 20.3. The molecular weight excluding hydrogens is 342 g/mol. The Kier molecular flexibility index (Phi) is 7.63. The third-order valence-corrected chi connectivity index (χ3v) is 6.22. The zero-order valence-electron chi connectivity index (χ0n) is 16.4. The lowest BCUT2D eigenvalue weighted by atomic mass is 9.77. The molecule has 148 valence electrons. The monoisotopic (exact) mass is 374 g/mol. The Morgan fingerprint density at radius 1 is 1.00 bits per heavy atom. The maximum absolute atomic E-state index is 12.4. The van der Waals surface area contributed by atoms with Crippen LogP contribution in [-0.4, -0.2) is 12.7 Å². The highest BCUT2D eigenvalue weighted by Gasteiger charge is 2.31. The molecule has 0 aromatic heterocycles. The van der Waals surface area contributed by atoms with Gasteiger partial charge in [-0.05, 0) is 80.4 Å². The van der Waals surface area contributed by atoms with Gasteiger partial charge in [-0.1, -0.05) is 43.3 Å². The zero-order valence-corrected chi connectivity index (χ0v) is 16.4. The Hall–Kier alpha value is -1.48. The summed E-state index contributed by atoms with van der Waals surface area (Å²) in [5.41, 5.74) is 2.73. The van der Waals surface area contributed by atoms with Crippen molar-refractivity contribution in [2.45, 2.75) is 70.3 Å². The Balaban J connectivity index is 1.45. The van der Waals surface area contributed by atoms with Gasteiger partial charge in [0.2, 0.25) is 0 Å². The molecule has 2 aliphatic rings. The lowest BCUT2D eigenvalue weighted by Gasteiger charge is -2.37. The maximum atomic E-state index is 12.4. The lowest BCUT2D eigenvalue weighted by molar-refractivity contribution is -0.0420. The minimum atomic E-state index is -1.53. The molecule has 1 heterocycles. The van der Waals surface area contributed by atoms with Gasteiger partial charge in [0.15, 0.2) is 0 Å². The topological polar surface area (TPSA) is 9.23 Å². The molecule has 1 saturated carbocycles.